The van der Waals surface area contributed by atoms with E-state index in [9.17, 15) is 4.39 Å². The summed E-state index contributed by atoms with van der Waals surface area (Å²) in [6, 6.07) is 6.68. The lowest BCUT2D eigenvalue weighted by atomic mass is 9.80. The highest BCUT2D eigenvalue weighted by atomic mass is 19.1. The topological polar surface area (TPSA) is 47.6 Å². The lowest BCUT2D eigenvalue weighted by Gasteiger charge is -2.23. The van der Waals surface area contributed by atoms with E-state index in [1.165, 1.54) is 18.6 Å². The van der Waals surface area contributed by atoms with Crippen LogP contribution in [0.2, 0.25) is 0 Å². The Hall–Kier alpha value is -1.87. The summed E-state index contributed by atoms with van der Waals surface area (Å²) in [5.74, 6) is -0.337. The summed E-state index contributed by atoms with van der Waals surface area (Å²) >= 11 is 0. The summed E-state index contributed by atoms with van der Waals surface area (Å²) in [6.45, 7) is 0. The molecule has 1 aromatic carbocycles. The van der Waals surface area contributed by atoms with Gasteiger partial charge >= 0.3 is 0 Å². The van der Waals surface area contributed by atoms with Crippen LogP contribution in [0.4, 0.5) is 4.39 Å². The lowest BCUT2D eigenvalue weighted by Crippen LogP contribution is -2.09. The van der Waals surface area contributed by atoms with E-state index in [0.717, 1.165) is 25.7 Å². The SMILES string of the molecule is N#Cc1ccc(F)c(C#N)c1C1CCCCC1. The Kier molecular flexibility index (Phi) is 3.40. The molecule has 1 aliphatic rings. The average Bonchev–Trinajstić information content (AvgIpc) is 2.39. The van der Waals surface area contributed by atoms with Gasteiger partial charge in [0, 0.05) is 0 Å². The zero-order valence-corrected chi connectivity index (χ0v) is 9.54. The predicted octanol–water partition coefficient (Wildman–Crippen LogP) is 3.62. The number of nitrogens with zero attached hydrogens (tertiary/aromatic N) is 2. The minimum atomic E-state index is -0.507. The molecular formula is C14H13FN2. The van der Waals surface area contributed by atoms with E-state index in [0.29, 0.717) is 11.1 Å². The molecule has 1 aliphatic carbocycles. The van der Waals surface area contributed by atoms with Gasteiger partial charge in [0.1, 0.15) is 11.9 Å². The van der Waals surface area contributed by atoms with Crippen molar-refractivity contribution in [1.29, 1.82) is 10.5 Å². The molecule has 0 heterocycles. The zero-order valence-electron chi connectivity index (χ0n) is 9.54. The Morgan fingerprint density at radius 2 is 1.76 bits per heavy atom. The second-order valence-electron chi connectivity index (χ2n) is 4.44. The van der Waals surface area contributed by atoms with Crippen molar-refractivity contribution in [3.05, 3.63) is 34.6 Å². The first-order chi connectivity index (χ1) is 8.27. The molecule has 0 radical (unpaired) electrons. The molecule has 1 aromatic rings. The molecule has 1 fully saturated rings. The van der Waals surface area contributed by atoms with Crippen LogP contribution < -0.4 is 0 Å². The van der Waals surface area contributed by atoms with Gasteiger partial charge in [0.15, 0.2) is 0 Å². The molecule has 0 atom stereocenters. The molecular weight excluding hydrogens is 215 g/mol. The van der Waals surface area contributed by atoms with Gasteiger partial charge < -0.3 is 0 Å². The van der Waals surface area contributed by atoms with E-state index in [-0.39, 0.29) is 11.5 Å². The van der Waals surface area contributed by atoms with Gasteiger partial charge in [-0.3, -0.25) is 0 Å². The maximum absolute atomic E-state index is 13.6. The summed E-state index contributed by atoms with van der Waals surface area (Å²) in [5, 5.41) is 18.1. The van der Waals surface area contributed by atoms with Crippen LogP contribution in [0.1, 0.15) is 54.7 Å². The summed E-state index contributed by atoms with van der Waals surface area (Å²) in [5.41, 5.74) is 1.15. The molecule has 2 nitrogen and oxygen atoms in total. The highest BCUT2D eigenvalue weighted by Gasteiger charge is 2.23. The van der Waals surface area contributed by atoms with Crippen molar-refractivity contribution in [3.8, 4) is 12.1 Å². The maximum Gasteiger partial charge on any atom is 0.141 e. The summed E-state index contributed by atoms with van der Waals surface area (Å²) in [6.07, 6.45) is 5.28. The molecule has 0 aromatic heterocycles. The molecule has 0 amide bonds. The molecule has 0 spiro atoms. The average molecular weight is 228 g/mol. The molecule has 2 rings (SSSR count). The van der Waals surface area contributed by atoms with E-state index in [1.807, 2.05) is 6.07 Å². The van der Waals surface area contributed by atoms with Gasteiger partial charge in [-0.15, -0.1) is 0 Å². The van der Waals surface area contributed by atoms with Crippen LogP contribution in [0.5, 0.6) is 0 Å². The Morgan fingerprint density at radius 3 is 2.35 bits per heavy atom. The van der Waals surface area contributed by atoms with E-state index in [1.54, 1.807) is 0 Å². The van der Waals surface area contributed by atoms with Crippen LogP contribution >= 0.6 is 0 Å². The van der Waals surface area contributed by atoms with Crippen LogP contribution in [-0.4, -0.2) is 0 Å². The quantitative estimate of drug-likeness (QED) is 0.737. The molecule has 0 bridgehead atoms. The van der Waals surface area contributed by atoms with Crippen LogP contribution in [-0.2, 0) is 0 Å². The molecule has 0 saturated heterocycles. The number of nitriles is 2. The summed E-state index contributed by atoms with van der Waals surface area (Å²) in [4.78, 5) is 0. The first kappa shape index (κ1) is 11.6. The van der Waals surface area contributed by atoms with Gasteiger partial charge in [0.2, 0.25) is 0 Å². The largest absolute Gasteiger partial charge is 0.206 e. The van der Waals surface area contributed by atoms with Crippen molar-refractivity contribution in [3.63, 3.8) is 0 Å². The fraction of sp³-hybridized carbons (Fsp3) is 0.429. The summed E-state index contributed by atoms with van der Waals surface area (Å²) in [7, 11) is 0. The van der Waals surface area contributed by atoms with E-state index < -0.39 is 5.82 Å². The maximum atomic E-state index is 13.6. The van der Waals surface area contributed by atoms with Gasteiger partial charge in [0.05, 0.1) is 17.2 Å². The van der Waals surface area contributed by atoms with E-state index in [4.69, 9.17) is 10.5 Å². The smallest absolute Gasteiger partial charge is 0.141 e. The Morgan fingerprint density at radius 1 is 1.06 bits per heavy atom. The summed E-state index contributed by atoms with van der Waals surface area (Å²) < 4.78 is 13.6. The third kappa shape index (κ3) is 2.15. The minimum absolute atomic E-state index is 0.0657. The van der Waals surface area contributed by atoms with Gasteiger partial charge in [0.25, 0.3) is 0 Å². The zero-order chi connectivity index (χ0) is 12.3. The number of hydrogen-bond acceptors (Lipinski definition) is 2. The number of halogens is 1. The molecule has 1 saturated carbocycles. The molecule has 0 aliphatic heterocycles. The standard InChI is InChI=1S/C14H13FN2/c15-13-7-6-11(8-16)14(12(13)9-17)10-4-2-1-3-5-10/h6-7,10H,1-5H2. The van der Waals surface area contributed by atoms with Crippen molar-refractivity contribution in [2.45, 2.75) is 38.0 Å². The third-order valence-electron chi connectivity index (χ3n) is 3.44. The van der Waals surface area contributed by atoms with Crippen LogP contribution in [0, 0.1) is 28.5 Å². The predicted molar refractivity (Wildman–Crippen MR) is 61.7 cm³/mol. The van der Waals surface area contributed by atoms with E-state index >= 15 is 0 Å². The number of hydrogen-bond donors (Lipinski definition) is 0. The second kappa shape index (κ2) is 4.97. The lowest BCUT2D eigenvalue weighted by molar-refractivity contribution is 0.440. The van der Waals surface area contributed by atoms with Gasteiger partial charge in [-0.05, 0) is 36.5 Å². The number of benzene rings is 1. The molecule has 3 heteroatoms. The molecule has 0 unspecified atom stereocenters. The van der Waals surface area contributed by atoms with E-state index in [2.05, 4.69) is 6.07 Å². The Bertz CT molecular complexity index is 502. The highest BCUT2D eigenvalue weighted by Crippen LogP contribution is 2.36. The molecule has 86 valence electrons. The normalized spacial score (nSPS) is 16.2. The Balaban J connectivity index is 2.53. The van der Waals surface area contributed by atoms with Gasteiger partial charge in [-0.25, -0.2) is 4.39 Å². The first-order valence-electron chi connectivity index (χ1n) is 5.90. The van der Waals surface area contributed by atoms with Crippen LogP contribution in [0.25, 0.3) is 0 Å². The van der Waals surface area contributed by atoms with Crippen molar-refractivity contribution in [1.82, 2.24) is 0 Å². The molecule has 17 heavy (non-hydrogen) atoms. The van der Waals surface area contributed by atoms with Crippen LogP contribution in [0.15, 0.2) is 12.1 Å². The van der Waals surface area contributed by atoms with Crippen molar-refractivity contribution in [2.75, 3.05) is 0 Å². The fourth-order valence-corrected chi connectivity index (χ4v) is 2.62. The Labute approximate surface area is 100 Å². The van der Waals surface area contributed by atoms with Crippen molar-refractivity contribution < 1.29 is 4.39 Å². The third-order valence-corrected chi connectivity index (χ3v) is 3.44. The van der Waals surface area contributed by atoms with Crippen molar-refractivity contribution in [2.24, 2.45) is 0 Å². The monoisotopic (exact) mass is 228 g/mol. The van der Waals surface area contributed by atoms with Gasteiger partial charge in [-0.2, -0.15) is 10.5 Å². The fourth-order valence-electron chi connectivity index (χ4n) is 2.62. The number of rotatable bonds is 1. The second-order valence-corrected chi connectivity index (χ2v) is 4.44. The first-order valence-corrected chi connectivity index (χ1v) is 5.90. The van der Waals surface area contributed by atoms with Crippen molar-refractivity contribution >= 4 is 0 Å². The highest BCUT2D eigenvalue weighted by molar-refractivity contribution is 5.51. The van der Waals surface area contributed by atoms with Gasteiger partial charge in [-0.1, -0.05) is 19.3 Å². The van der Waals surface area contributed by atoms with Crippen LogP contribution in [0.3, 0.4) is 0 Å². The molecule has 0 N–H and O–H groups in total. The minimum Gasteiger partial charge on any atom is -0.206 e.